The van der Waals surface area contributed by atoms with Gasteiger partial charge in [0.2, 0.25) is 0 Å². The largest absolute Gasteiger partial charge is 0.478 e. The van der Waals surface area contributed by atoms with Crippen LogP contribution in [0.25, 0.3) is 12.2 Å². The fourth-order valence-corrected chi connectivity index (χ4v) is 2.63. The minimum Gasteiger partial charge on any atom is -0.478 e. The number of carbonyl (C=O) groups excluding carboxylic acids is 1. The number of amides is 1. The highest BCUT2D eigenvalue weighted by molar-refractivity contribution is 7.14. The van der Waals surface area contributed by atoms with Crippen LogP contribution >= 0.6 is 22.9 Å². The number of rotatable bonds is 4. The highest BCUT2D eigenvalue weighted by atomic mass is 35.5. The van der Waals surface area contributed by atoms with Gasteiger partial charge < -0.3 is 10.4 Å². The van der Waals surface area contributed by atoms with Crippen LogP contribution in [0.2, 0.25) is 5.02 Å². The van der Waals surface area contributed by atoms with Gasteiger partial charge in [0.15, 0.2) is 0 Å². The fraction of sp³-hybridized carbons (Fsp3) is 0.0714. The second kappa shape index (κ2) is 6.51. The lowest BCUT2D eigenvalue weighted by Gasteiger charge is -2.01. The van der Waals surface area contributed by atoms with Crippen LogP contribution in [-0.4, -0.2) is 29.0 Å². The third-order valence-corrected chi connectivity index (χ3v) is 4.02. The molecule has 108 valence electrons. The van der Waals surface area contributed by atoms with E-state index < -0.39 is 5.97 Å². The van der Waals surface area contributed by atoms with E-state index in [-0.39, 0.29) is 16.5 Å². The summed E-state index contributed by atoms with van der Waals surface area (Å²) < 4.78 is 0. The summed E-state index contributed by atoms with van der Waals surface area (Å²) in [5.74, 6) is -1.27. The van der Waals surface area contributed by atoms with Crippen LogP contribution < -0.4 is 5.32 Å². The van der Waals surface area contributed by atoms with Crippen molar-refractivity contribution in [2.24, 2.45) is 0 Å². The molecule has 0 saturated heterocycles. The smallest absolute Gasteiger partial charge is 0.337 e. The normalized spacial score (nSPS) is 10.8. The van der Waals surface area contributed by atoms with Crippen molar-refractivity contribution in [3.63, 3.8) is 0 Å². The van der Waals surface area contributed by atoms with Crippen LogP contribution in [0.1, 0.15) is 30.6 Å². The van der Waals surface area contributed by atoms with Crippen LogP contribution in [0.3, 0.4) is 0 Å². The molecule has 1 aromatic heterocycles. The van der Waals surface area contributed by atoms with Crippen molar-refractivity contribution in [3.8, 4) is 0 Å². The Morgan fingerprint density at radius 2 is 2.14 bits per heavy atom. The molecule has 5 nitrogen and oxygen atoms in total. The standard InChI is InChI=1S/C14H11ClN2O3S/c1-16-13(18)10-7-17-11(21-10)6-5-8-3-2-4-9(12(8)15)14(19)20/h2-7H,1H3,(H,16,18)(H,19,20). The molecule has 0 aliphatic carbocycles. The van der Waals surface area contributed by atoms with Gasteiger partial charge in [0.1, 0.15) is 9.88 Å². The Morgan fingerprint density at radius 1 is 1.38 bits per heavy atom. The van der Waals surface area contributed by atoms with Crippen molar-refractivity contribution in [1.82, 2.24) is 10.3 Å². The van der Waals surface area contributed by atoms with Crippen molar-refractivity contribution >= 4 is 47.0 Å². The van der Waals surface area contributed by atoms with Gasteiger partial charge in [-0.2, -0.15) is 0 Å². The maximum absolute atomic E-state index is 11.4. The van der Waals surface area contributed by atoms with E-state index in [1.54, 1.807) is 31.3 Å². The molecule has 0 atom stereocenters. The lowest BCUT2D eigenvalue weighted by Crippen LogP contribution is -2.16. The van der Waals surface area contributed by atoms with Gasteiger partial charge in [-0.15, -0.1) is 11.3 Å². The lowest BCUT2D eigenvalue weighted by molar-refractivity contribution is 0.0696. The molecule has 2 N–H and O–H groups in total. The monoisotopic (exact) mass is 322 g/mol. The molecule has 1 heterocycles. The van der Waals surface area contributed by atoms with Crippen LogP contribution in [0.15, 0.2) is 24.4 Å². The summed E-state index contributed by atoms with van der Waals surface area (Å²) in [7, 11) is 1.55. The molecule has 7 heteroatoms. The SMILES string of the molecule is CNC(=O)c1cnc(C=Cc2cccc(C(=O)O)c2Cl)s1. The quantitative estimate of drug-likeness (QED) is 0.906. The van der Waals surface area contributed by atoms with E-state index >= 15 is 0 Å². The molecular formula is C14H11ClN2O3S. The lowest BCUT2D eigenvalue weighted by atomic mass is 10.1. The highest BCUT2D eigenvalue weighted by Gasteiger charge is 2.11. The van der Waals surface area contributed by atoms with E-state index in [1.807, 2.05) is 0 Å². The Hall–Kier alpha value is -2.18. The van der Waals surface area contributed by atoms with E-state index in [4.69, 9.17) is 16.7 Å². The number of nitrogens with zero attached hydrogens (tertiary/aromatic N) is 1. The van der Waals surface area contributed by atoms with Crippen LogP contribution in [-0.2, 0) is 0 Å². The van der Waals surface area contributed by atoms with E-state index in [1.165, 1.54) is 23.6 Å². The summed E-state index contributed by atoms with van der Waals surface area (Å²) in [6, 6.07) is 4.76. The molecule has 1 amide bonds. The van der Waals surface area contributed by atoms with Gasteiger partial charge in [-0.1, -0.05) is 29.8 Å². The first-order valence-electron chi connectivity index (χ1n) is 5.90. The number of hydrogen-bond donors (Lipinski definition) is 2. The first kappa shape index (κ1) is 15.2. The average molecular weight is 323 g/mol. The molecule has 2 rings (SSSR count). The van der Waals surface area contributed by atoms with Gasteiger partial charge in [0, 0.05) is 7.05 Å². The summed E-state index contributed by atoms with van der Waals surface area (Å²) >= 11 is 7.27. The Balaban J connectivity index is 2.26. The molecule has 0 fully saturated rings. The van der Waals surface area contributed by atoms with Crippen LogP contribution in [0.4, 0.5) is 0 Å². The Morgan fingerprint density at radius 3 is 2.81 bits per heavy atom. The first-order valence-corrected chi connectivity index (χ1v) is 7.10. The molecule has 0 aliphatic heterocycles. The highest BCUT2D eigenvalue weighted by Crippen LogP contribution is 2.24. The number of benzene rings is 1. The van der Waals surface area contributed by atoms with Gasteiger partial charge in [0.25, 0.3) is 5.91 Å². The van der Waals surface area contributed by atoms with E-state index in [2.05, 4.69) is 10.3 Å². The zero-order chi connectivity index (χ0) is 15.4. The molecule has 0 spiro atoms. The second-order valence-electron chi connectivity index (χ2n) is 3.99. The predicted octanol–water partition coefficient (Wildman–Crippen LogP) is 3.02. The maximum atomic E-state index is 11.4. The van der Waals surface area contributed by atoms with Gasteiger partial charge in [-0.25, -0.2) is 9.78 Å². The summed E-state index contributed by atoms with van der Waals surface area (Å²) in [6.45, 7) is 0. The molecule has 0 saturated carbocycles. The molecule has 2 aromatic rings. The molecule has 1 aromatic carbocycles. The number of carboxylic acid groups (broad SMARTS) is 1. The van der Waals surface area contributed by atoms with Crippen molar-refractivity contribution in [2.75, 3.05) is 7.05 Å². The minimum atomic E-state index is -1.08. The van der Waals surface area contributed by atoms with Crippen molar-refractivity contribution in [3.05, 3.63) is 50.4 Å². The van der Waals surface area contributed by atoms with E-state index in [0.717, 1.165) is 0 Å². The minimum absolute atomic E-state index is 0.0454. The number of thiazole rings is 1. The van der Waals surface area contributed by atoms with Crippen molar-refractivity contribution in [2.45, 2.75) is 0 Å². The van der Waals surface area contributed by atoms with Crippen LogP contribution in [0.5, 0.6) is 0 Å². The second-order valence-corrected chi connectivity index (χ2v) is 5.43. The Labute approximate surface area is 129 Å². The molecule has 0 unspecified atom stereocenters. The number of aromatic nitrogens is 1. The maximum Gasteiger partial charge on any atom is 0.337 e. The number of carbonyl (C=O) groups is 2. The van der Waals surface area contributed by atoms with Gasteiger partial charge >= 0.3 is 5.97 Å². The third-order valence-electron chi connectivity index (χ3n) is 2.64. The summed E-state index contributed by atoms with van der Waals surface area (Å²) in [5.41, 5.74) is 0.622. The molecular weight excluding hydrogens is 312 g/mol. The topological polar surface area (TPSA) is 79.3 Å². The van der Waals surface area contributed by atoms with E-state index in [0.29, 0.717) is 15.4 Å². The number of hydrogen-bond acceptors (Lipinski definition) is 4. The van der Waals surface area contributed by atoms with Crippen molar-refractivity contribution < 1.29 is 14.7 Å². The molecule has 21 heavy (non-hydrogen) atoms. The van der Waals surface area contributed by atoms with Crippen molar-refractivity contribution in [1.29, 1.82) is 0 Å². The molecule has 0 aliphatic rings. The zero-order valence-corrected chi connectivity index (χ0v) is 12.5. The molecule has 0 bridgehead atoms. The Kier molecular flexibility index (Phi) is 4.72. The number of aromatic carboxylic acids is 1. The van der Waals surface area contributed by atoms with Gasteiger partial charge in [-0.05, 0) is 17.7 Å². The predicted molar refractivity (Wildman–Crippen MR) is 82.8 cm³/mol. The fourth-order valence-electron chi connectivity index (χ4n) is 1.60. The molecule has 0 radical (unpaired) electrons. The Bertz CT molecular complexity index is 725. The zero-order valence-electron chi connectivity index (χ0n) is 11.0. The van der Waals surface area contributed by atoms with Gasteiger partial charge in [-0.3, -0.25) is 4.79 Å². The summed E-state index contributed by atoms with van der Waals surface area (Å²) in [6.07, 6.45) is 4.84. The number of carboxylic acids is 1. The van der Waals surface area contributed by atoms with Crippen LogP contribution in [0, 0.1) is 0 Å². The number of halogens is 1. The first-order chi connectivity index (χ1) is 10.0. The third kappa shape index (κ3) is 3.48. The summed E-state index contributed by atoms with van der Waals surface area (Å²) in [5, 5.41) is 12.3. The average Bonchev–Trinajstić information content (AvgIpc) is 2.94. The van der Waals surface area contributed by atoms with E-state index in [9.17, 15) is 9.59 Å². The number of nitrogens with one attached hydrogen (secondary N) is 1. The summed E-state index contributed by atoms with van der Waals surface area (Å²) in [4.78, 5) is 27.0. The van der Waals surface area contributed by atoms with Gasteiger partial charge in [0.05, 0.1) is 16.8 Å².